The van der Waals surface area contributed by atoms with Crippen molar-refractivity contribution in [1.82, 2.24) is 10.3 Å². The molecule has 1 aromatic heterocycles. The first-order valence-corrected chi connectivity index (χ1v) is 6.73. The molecule has 1 saturated heterocycles. The number of aromatic nitrogens is 1. The van der Waals surface area contributed by atoms with Crippen LogP contribution in [-0.4, -0.2) is 24.6 Å². The van der Waals surface area contributed by atoms with E-state index in [1.807, 2.05) is 0 Å². The van der Waals surface area contributed by atoms with Crippen LogP contribution in [-0.2, 0) is 6.54 Å². The van der Waals surface area contributed by atoms with Crippen molar-refractivity contribution in [2.75, 3.05) is 24.5 Å². The number of pyridine rings is 1. The summed E-state index contributed by atoms with van der Waals surface area (Å²) in [4.78, 5) is 7.04. The fraction of sp³-hybridized carbons (Fsp3) is 0.643. The molecule has 1 aliphatic heterocycles. The van der Waals surface area contributed by atoms with E-state index in [-0.39, 0.29) is 0 Å². The van der Waals surface area contributed by atoms with E-state index >= 15 is 0 Å². The Bertz CT molecular complexity index is 356. The summed E-state index contributed by atoms with van der Waals surface area (Å²) in [7, 11) is 0. The monoisotopic (exact) mass is 233 g/mol. The Balaban J connectivity index is 2.05. The van der Waals surface area contributed by atoms with E-state index in [1.54, 1.807) is 0 Å². The molecule has 0 bridgehead atoms. The van der Waals surface area contributed by atoms with Crippen molar-refractivity contribution in [3.8, 4) is 0 Å². The second-order valence-corrected chi connectivity index (χ2v) is 4.85. The van der Waals surface area contributed by atoms with Gasteiger partial charge in [0.2, 0.25) is 0 Å². The molecule has 0 atom stereocenters. The van der Waals surface area contributed by atoms with Gasteiger partial charge in [0, 0.05) is 25.3 Å². The predicted molar refractivity (Wildman–Crippen MR) is 72.4 cm³/mol. The second kappa shape index (κ2) is 6.01. The van der Waals surface area contributed by atoms with E-state index in [0.717, 1.165) is 37.7 Å². The summed E-state index contributed by atoms with van der Waals surface area (Å²) >= 11 is 0. The number of hydrogen-bond donors (Lipinski definition) is 1. The van der Waals surface area contributed by atoms with Gasteiger partial charge in [-0.15, -0.1) is 0 Å². The lowest BCUT2D eigenvalue weighted by Gasteiger charge is -2.18. The highest BCUT2D eigenvalue weighted by atomic mass is 15.2. The minimum atomic E-state index is 0.956. The maximum atomic E-state index is 4.64. The van der Waals surface area contributed by atoms with Crippen LogP contribution in [0.15, 0.2) is 12.1 Å². The van der Waals surface area contributed by atoms with Gasteiger partial charge in [-0.2, -0.15) is 0 Å². The Morgan fingerprint density at radius 3 is 2.76 bits per heavy atom. The zero-order valence-electron chi connectivity index (χ0n) is 11.0. The molecule has 0 aromatic carbocycles. The number of hydrogen-bond acceptors (Lipinski definition) is 3. The molecule has 0 spiro atoms. The summed E-state index contributed by atoms with van der Waals surface area (Å²) in [6.07, 6.45) is 3.79. The highest BCUT2D eigenvalue weighted by molar-refractivity contribution is 5.43. The molecule has 1 N–H and O–H groups in total. The number of rotatable bonds is 5. The molecular weight excluding hydrogens is 210 g/mol. The maximum Gasteiger partial charge on any atom is 0.129 e. The Hall–Kier alpha value is -1.09. The Morgan fingerprint density at radius 2 is 2.06 bits per heavy atom. The molecule has 3 heteroatoms. The van der Waals surface area contributed by atoms with Crippen LogP contribution < -0.4 is 10.2 Å². The van der Waals surface area contributed by atoms with E-state index in [9.17, 15) is 0 Å². The highest BCUT2D eigenvalue weighted by Crippen LogP contribution is 2.19. The summed E-state index contributed by atoms with van der Waals surface area (Å²) < 4.78 is 0. The topological polar surface area (TPSA) is 28.2 Å². The normalized spacial score (nSPS) is 15.5. The van der Waals surface area contributed by atoms with Gasteiger partial charge in [-0.05, 0) is 50.4 Å². The molecule has 0 unspecified atom stereocenters. The van der Waals surface area contributed by atoms with Crippen molar-refractivity contribution >= 4 is 5.82 Å². The van der Waals surface area contributed by atoms with Crippen LogP contribution in [0.4, 0.5) is 5.82 Å². The van der Waals surface area contributed by atoms with Gasteiger partial charge >= 0.3 is 0 Å². The van der Waals surface area contributed by atoms with Gasteiger partial charge in [0.05, 0.1) is 0 Å². The molecule has 0 saturated carbocycles. The van der Waals surface area contributed by atoms with E-state index in [1.165, 1.54) is 24.8 Å². The average Bonchev–Trinajstić information content (AvgIpc) is 2.82. The van der Waals surface area contributed by atoms with Gasteiger partial charge in [0.15, 0.2) is 0 Å². The van der Waals surface area contributed by atoms with Crippen LogP contribution in [0.2, 0.25) is 0 Å². The molecule has 3 nitrogen and oxygen atoms in total. The number of nitrogens with zero attached hydrogens (tertiary/aromatic N) is 2. The highest BCUT2D eigenvalue weighted by Gasteiger charge is 2.14. The SMILES string of the molecule is CCCNCc1cc(C)nc(N2CCCC2)c1. The second-order valence-electron chi connectivity index (χ2n) is 4.85. The summed E-state index contributed by atoms with van der Waals surface area (Å²) in [5.41, 5.74) is 2.48. The first-order chi connectivity index (χ1) is 8.29. The lowest BCUT2D eigenvalue weighted by molar-refractivity contribution is 0.674. The smallest absolute Gasteiger partial charge is 0.129 e. The fourth-order valence-corrected chi connectivity index (χ4v) is 2.34. The van der Waals surface area contributed by atoms with E-state index < -0.39 is 0 Å². The fourth-order valence-electron chi connectivity index (χ4n) is 2.34. The van der Waals surface area contributed by atoms with Crippen LogP contribution >= 0.6 is 0 Å². The minimum Gasteiger partial charge on any atom is -0.357 e. The molecule has 1 aromatic rings. The maximum absolute atomic E-state index is 4.64. The van der Waals surface area contributed by atoms with Crippen molar-refractivity contribution in [1.29, 1.82) is 0 Å². The van der Waals surface area contributed by atoms with Gasteiger partial charge in [0.25, 0.3) is 0 Å². The van der Waals surface area contributed by atoms with Crippen LogP contribution in [0.5, 0.6) is 0 Å². The third kappa shape index (κ3) is 3.43. The van der Waals surface area contributed by atoms with Crippen LogP contribution in [0.3, 0.4) is 0 Å². The first-order valence-electron chi connectivity index (χ1n) is 6.73. The van der Waals surface area contributed by atoms with E-state index in [0.29, 0.717) is 0 Å². The molecule has 94 valence electrons. The Kier molecular flexibility index (Phi) is 4.37. The molecule has 17 heavy (non-hydrogen) atoms. The molecular formula is C14H23N3. The molecule has 2 heterocycles. The van der Waals surface area contributed by atoms with Crippen molar-refractivity contribution < 1.29 is 0 Å². The Morgan fingerprint density at radius 1 is 1.29 bits per heavy atom. The number of aryl methyl sites for hydroxylation is 1. The van der Waals surface area contributed by atoms with Gasteiger partial charge in [-0.25, -0.2) is 4.98 Å². The molecule has 2 rings (SSSR count). The molecule has 1 fully saturated rings. The van der Waals surface area contributed by atoms with Crippen LogP contribution in [0.25, 0.3) is 0 Å². The first kappa shape index (κ1) is 12.4. The van der Waals surface area contributed by atoms with Gasteiger partial charge in [-0.1, -0.05) is 6.92 Å². The Labute approximate surface area is 104 Å². The standard InChI is InChI=1S/C14H23N3/c1-3-6-15-11-13-9-12(2)16-14(10-13)17-7-4-5-8-17/h9-10,15H,3-8,11H2,1-2H3. The zero-order chi connectivity index (χ0) is 12.1. The van der Waals surface area contributed by atoms with Crippen molar-refractivity contribution in [2.45, 2.75) is 39.7 Å². The van der Waals surface area contributed by atoms with Gasteiger partial charge < -0.3 is 10.2 Å². The summed E-state index contributed by atoms with van der Waals surface area (Å²) in [5, 5.41) is 3.45. The van der Waals surface area contributed by atoms with Crippen LogP contribution in [0.1, 0.15) is 37.4 Å². The summed E-state index contributed by atoms with van der Waals surface area (Å²) in [6.45, 7) is 8.65. The van der Waals surface area contributed by atoms with E-state index in [4.69, 9.17) is 0 Å². The third-order valence-electron chi connectivity index (χ3n) is 3.19. The third-order valence-corrected chi connectivity index (χ3v) is 3.19. The molecule has 0 radical (unpaired) electrons. The summed E-state index contributed by atoms with van der Waals surface area (Å²) in [5.74, 6) is 1.16. The van der Waals surface area contributed by atoms with Gasteiger partial charge in [-0.3, -0.25) is 0 Å². The van der Waals surface area contributed by atoms with Crippen LogP contribution in [0, 0.1) is 6.92 Å². The largest absolute Gasteiger partial charge is 0.357 e. The lowest BCUT2D eigenvalue weighted by Crippen LogP contribution is -2.20. The van der Waals surface area contributed by atoms with Gasteiger partial charge in [0.1, 0.15) is 5.82 Å². The van der Waals surface area contributed by atoms with Crippen molar-refractivity contribution in [2.24, 2.45) is 0 Å². The van der Waals surface area contributed by atoms with E-state index in [2.05, 4.69) is 41.2 Å². The average molecular weight is 233 g/mol. The van der Waals surface area contributed by atoms with Crippen molar-refractivity contribution in [3.05, 3.63) is 23.4 Å². The lowest BCUT2D eigenvalue weighted by atomic mass is 10.2. The minimum absolute atomic E-state index is 0.956. The van der Waals surface area contributed by atoms with Crippen molar-refractivity contribution in [3.63, 3.8) is 0 Å². The molecule has 0 aliphatic carbocycles. The number of anilines is 1. The predicted octanol–water partition coefficient (Wildman–Crippen LogP) is 2.49. The quantitative estimate of drug-likeness (QED) is 0.792. The molecule has 1 aliphatic rings. The zero-order valence-corrected chi connectivity index (χ0v) is 11.0. The summed E-state index contributed by atoms with van der Waals surface area (Å²) in [6, 6.07) is 4.42. The molecule has 0 amide bonds. The number of nitrogens with one attached hydrogen (secondary N) is 1.